The highest BCUT2D eigenvalue weighted by Crippen LogP contribution is 2.07. The molecule has 106 valence electrons. The molecule has 0 amide bonds. The molecule has 0 aliphatic carbocycles. The Morgan fingerprint density at radius 2 is 2.00 bits per heavy atom. The van der Waals surface area contributed by atoms with E-state index in [1.807, 2.05) is 0 Å². The number of aromatic amines is 1. The maximum absolute atomic E-state index is 12.0. The summed E-state index contributed by atoms with van der Waals surface area (Å²) >= 11 is 4.79. The highest BCUT2D eigenvalue weighted by molar-refractivity contribution is 7.91. The molecule has 0 aliphatic rings. The summed E-state index contributed by atoms with van der Waals surface area (Å²) in [5.74, 6) is 4.07. The van der Waals surface area contributed by atoms with Gasteiger partial charge < -0.3 is 5.84 Å². The molecule has 0 saturated heterocycles. The first-order chi connectivity index (χ1) is 9.39. The molecule has 0 spiro atoms. The van der Waals surface area contributed by atoms with E-state index in [2.05, 4.69) is 10.2 Å². The summed E-state index contributed by atoms with van der Waals surface area (Å²) in [5.41, 5.74) is 0.350. The van der Waals surface area contributed by atoms with Crippen molar-refractivity contribution >= 4 is 27.8 Å². The van der Waals surface area contributed by atoms with Crippen LogP contribution in [-0.2, 0) is 15.6 Å². The predicted molar refractivity (Wildman–Crippen MR) is 75.8 cm³/mol. The Labute approximate surface area is 120 Å². The van der Waals surface area contributed by atoms with Crippen molar-refractivity contribution in [3.63, 3.8) is 0 Å². The first kappa shape index (κ1) is 14.4. The lowest BCUT2D eigenvalue weighted by Crippen LogP contribution is -2.22. The fraction of sp³-hybridized carbons (Fsp3) is 0.182. The van der Waals surface area contributed by atoms with E-state index in [9.17, 15) is 13.2 Å². The van der Waals surface area contributed by atoms with Crippen LogP contribution in [0.2, 0.25) is 0 Å². The second-order valence-electron chi connectivity index (χ2n) is 4.14. The number of Topliss-reactive ketones (excluding diaryl/α,β-unsaturated/α-hetero) is 1. The number of benzene rings is 1. The molecule has 2 aromatic rings. The van der Waals surface area contributed by atoms with Gasteiger partial charge in [0.2, 0.25) is 4.77 Å². The summed E-state index contributed by atoms with van der Waals surface area (Å²) in [6.07, 6.45) is 0. The molecule has 1 aromatic carbocycles. The van der Waals surface area contributed by atoms with Gasteiger partial charge in [-0.3, -0.25) is 9.89 Å². The van der Waals surface area contributed by atoms with E-state index in [0.29, 0.717) is 5.56 Å². The summed E-state index contributed by atoms with van der Waals surface area (Å²) in [7, 11) is -3.67. The van der Waals surface area contributed by atoms with Crippen LogP contribution in [0.25, 0.3) is 0 Å². The quantitative estimate of drug-likeness (QED) is 0.471. The van der Waals surface area contributed by atoms with Crippen molar-refractivity contribution in [2.75, 3.05) is 11.6 Å². The molecule has 0 bridgehead atoms. The minimum absolute atomic E-state index is 0.0656. The number of H-pyrrole nitrogens is 1. The second-order valence-corrected chi connectivity index (χ2v) is 6.59. The van der Waals surface area contributed by atoms with Gasteiger partial charge in [-0.2, -0.15) is 5.10 Å². The number of hydrogen-bond donors (Lipinski definition) is 2. The van der Waals surface area contributed by atoms with Crippen LogP contribution in [0, 0.1) is 4.77 Å². The Balaban J connectivity index is 2.14. The van der Waals surface area contributed by atoms with Crippen molar-refractivity contribution in [3.8, 4) is 0 Å². The normalized spacial score (nSPS) is 11.4. The van der Waals surface area contributed by atoms with E-state index in [1.165, 1.54) is 0 Å². The Kier molecular flexibility index (Phi) is 4.00. The number of hydrogen-bond acceptors (Lipinski definition) is 6. The molecular weight excluding hydrogens is 300 g/mol. The van der Waals surface area contributed by atoms with Crippen LogP contribution in [0.5, 0.6) is 0 Å². The third-order valence-corrected chi connectivity index (χ3v) is 4.26. The third-order valence-electron chi connectivity index (χ3n) is 2.57. The molecule has 20 heavy (non-hydrogen) atoms. The van der Waals surface area contributed by atoms with Gasteiger partial charge in [-0.15, -0.1) is 0 Å². The van der Waals surface area contributed by atoms with Crippen LogP contribution in [0.15, 0.2) is 30.3 Å². The average molecular weight is 312 g/mol. The van der Waals surface area contributed by atoms with Crippen LogP contribution < -0.4 is 5.84 Å². The van der Waals surface area contributed by atoms with Gasteiger partial charge in [0.05, 0.1) is 0 Å². The maximum Gasteiger partial charge on any atom is 0.214 e. The maximum atomic E-state index is 12.0. The summed E-state index contributed by atoms with van der Waals surface area (Å²) in [6.45, 7) is 0. The average Bonchev–Trinajstić information content (AvgIpc) is 2.71. The van der Waals surface area contributed by atoms with E-state index >= 15 is 0 Å². The molecule has 0 atom stereocenters. The molecule has 1 aromatic heterocycles. The first-order valence-corrected chi connectivity index (χ1v) is 7.82. The van der Waals surface area contributed by atoms with Crippen molar-refractivity contribution in [1.82, 2.24) is 14.9 Å². The number of carbonyl (C=O) groups excluding carboxylic acids is 1. The van der Waals surface area contributed by atoms with E-state index in [1.54, 1.807) is 30.3 Å². The Bertz CT molecular complexity index is 777. The highest BCUT2D eigenvalue weighted by Gasteiger charge is 2.21. The highest BCUT2D eigenvalue weighted by atomic mass is 32.2. The molecule has 3 N–H and O–H groups in total. The predicted octanol–water partition coefficient (Wildman–Crippen LogP) is 0.452. The van der Waals surface area contributed by atoms with Gasteiger partial charge in [-0.05, 0) is 12.2 Å². The fourth-order valence-corrected chi connectivity index (χ4v) is 3.01. The molecule has 0 aliphatic heterocycles. The van der Waals surface area contributed by atoms with Gasteiger partial charge in [0.1, 0.15) is 11.5 Å². The van der Waals surface area contributed by atoms with Crippen molar-refractivity contribution in [2.24, 2.45) is 0 Å². The lowest BCUT2D eigenvalue weighted by Gasteiger charge is -2.03. The van der Waals surface area contributed by atoms with E-state index in [4.69, 9.17) is 18.1 Å². The molecule has 1 heterocycles. The van der Waals surface area contributed by atoms with E-state index in [-0.39, 0.29) is 10.6 Å². The number of sulfone groups is 1. The molecule has 9 heteroatoms. The number of carbonyl (C=O) groups is 1. The molecule has 0 saturated carbocycles. The van der Waals surface area contributed by atoms with Gasteiger partial charge in [-0.25, -0.2) is 13.1 Å². The summed E-state index contributed by atoms with van der Waals surface area (Å²) in [6, 6.07) is 8.22. The lowest BCUT2D eigenvalue weighted by atomic mass is 10.2. The zero-order chi connectivity index (χ0) is 14.8. The molecular formula is C11H12N4O3S2. The van der Waals surface area contributed by atoms with Gasteiger partial charge in [0.25, 0.3) is 0 Å². The summed E-state index contributed by atoms with van der Waals surface area (Å²) < 4.78 is 25.0. The van der Waals surface area contributed by atoms with Crippen LogP contribution in [-0.4, -0.2) is 34.8 Å². The van der Waals surface area contributed by atoms with Crippen molar-refractivity contribution < 1.29 is 13.2 Å². The van der Waals surface area contributed by atoms with Gasteiger partial charge in [0.15, 0.2) is 21.4 Å². The smallest absolute Gasteiger partial charge is 0.214 e. The lowest BCUT2D eigenvalue weighted by molar-refractivity contribution is 0.102. The topological polar surface area (TPSA) is 111 Å². The SMILES string of the molecule is Nn1c(CS(=O)(=O)CC(=O)c2ccccc2)n[nH]c1=S. The van der Waals surface area contributed by atoms with Crippen molar-refractivity contribution in [1.29, 1.82) is 0 Å². The number of nitrogens with one attached hydrogen (secondary N) is 1. The third kappa shape index (κ3) is 3.31. The largest absolute Gasteiger partial charge is 0.335 e. The molecule has 7 nitrogen and oxygen atoms in total. The fourth-order valence-electron chi connectivity index (χ4n) is 1.59. The molecule has 2 rings (SSSR count). The van der Waals surface area contributed by atoms with Crippen LogP contribution in [0.3, 0.4) is 0 Å². The van der Waals surface area contributed by atoms with Gasteiger partial charge in [0, 0.05) is 5.56 Å². The van der Waals surface area contributed by atoms with E-state index < -0.39 is 27.1 Å². The Morgan fingerprint density at radius 3 is 2.55 bits per heavy atom. The number of nitrogens with two attached hydrogens (primary N) is 1. The second kappa shape index (κ2) is 5.55. The number of aromatic nitrogens is 3. The summed E-state index contributed by atoms with van der Waals surface area (Å²) in [5, 5.41) is 6.10. The van der Waals surface area contributed by atoms with Crippen LogP contribution in [0.4, 0.5) is 0 Å². The minimum atomic E-state index is -3.67. The Hall–Kier alpha value is -2.00. The monoisotopic (exact) mass is 312 g/mol. The molecule has 0 unspecified atom stereocenters. The number of ketones is 1. The van der Waals surface area contributed by atoms with Crippen molar-refractivity contribution in [3.05, 3.63) is 46.5 Å². The van der Waals surface area contributed by atoms with Crippen LogP contribution >= 0.6 is 12.2 Å². The van der Waals surface area contributed by atoms with Crippen LogP contribution in [0.1, 0.15) is 16.2 Å². The van der Waals surface area contributed by atoms with Crippen molar-refractivity contribution in [2.45, 2.75) is 5.75 Å². The van der Waals surface area contributed by atoms with Gasteiger partial charge in [-0.1, -0.05) is 30.3 Å². The molecule has 0 fully saturated rings. The summed E-state index contributed by atoms with van der Waals surface area (Å²) in [4.78, 5) is 11.9. The van der Waals surface area contributed by atoms with Gasteiger partial charge >= 0.3 is 0 Å². The molecule has 0 radical (unpaired) electrons. The number of rotatable bonds is 5. The number of nitrogens with zero attached hydrogens (tertiary/aromatic N) is 2. The Morgan fingerprint density at radius 1 is 1.35 bits per heavy atom. The zero-order valence-electron chi connectivity index (χ0n) is 10.3. The first-order valence-electron chi connectivity index (χ1n) is 5.59. The number of nitrogen functional groups attached to an aromatic ring is 1. The van der Waals surface area contributed by atoms with E-state index in [0.717, 1.165) is 4.68 Å². The minimum Gasteiger partial charge on any atom is -0.335 e. The standard InChI is InChI=1S/C11H12N4O3S2/c12-15-10(13-14-11(15)19)7-20(17,18)6-9(16)8-4-2-1-3-5-8/h1-5H,6-7,12H2,(H,14,19). The zero-order valence-corrected chi connectivity index (χ0v) is 11.9.